The normalized spacial score (nSPS) is 10.5. The summed E-state index contributed by atoms with van der Waals surface area (Å²) >= 11 is 0. The summed E-state index contributed by atoms with van der Waals surface area (Å²) in [4.78, 5) is 32.7. The first-order valence-corrected chi connectivity index (χ1v) is 7.79. The molecule has 0 unspecified atom stereocenters. The number of rotatable bonds is 4. The van der Waals surface area contributed by atoms with E-state index in [9.17, 15) is 9.59 Å². The molecule has 2 aromatic carbocycles. The lowest BCUT2D eigenvalue weighted by Gasteiger charge is -2.11. The van der Waals surface area contributed by atoms with Crippen LogP contribution in [0.1, 0.15) is 21.5 Å². The molecule has 1 heterocycles. The molecule has 0 atom stereocenters. The first kappa shape index (κ1) is 16.6. The number of ether oxygens (including phenoxy) is 1. The molecular weight excluding hydrogens is 318 g/mol. The first-order valence-electron chi connectivity index (χ1n) is 7.79. The number of carbonyl (C=O) groups excluding carboxylic acids is 2. The zero-order valence-corrected chi connectivity index (χ0v) is 13.9. The van der Waals surface area contributed by atoms with Crippen molar-refractivity contribution in [3.8, 4) is 0 Å². The highest BCUT2D eigenvalue weighted by atomic mass is 16.5. The summed E-state index contributed by atoms with van der Waals surface area (Å²) in [5.74, 6) is -1.00. The molecule has 0 aliphatic rings. The number of aryl methyl sites for hydroxylation is 2. The molecule has 1 aromatic heterocycles. The van der Waals surface area contributed by atoms with Crippen LogP contribution in [0.2, 0.25) is 0 Å². The summed E-state index contributed by atoms with van der Waals surface area (Å²) in [7, 11) is 0. The Morgan fingerprint density at radius 3 is 2.44 bits per heavy atom. The highest BCUT2D eigenvalue weighted by molar-refractivity contribution is 6.03. The summed E-state index contributed by atoms with van der Waals surface area (Å²) in [6.07, 6.45) is 3.06. The topological polar surface area (TPSA) is 81.2 Å². The second kappa shape index (κ2) is 7.09. The van der Waals surface area contributed by atoms with E-state index in [0.29, 0.717) is 11.0 Å². The Balaban J connectivity index is 1.69. The monoisotopic (exact) mass is 335 g/mol. The number of amides is 1. The Bertz CT molecular complexity index is 928. The Labute approximate surface area is 144 Å². The number of nitrogens with one attached hydrogen (secondary N) is 1. The quantitative estimate of drug-likeness (QED) is 0.741. The molecule has 6 heteroatoms. The van der Waals surface area contributed by atoms with Crippen LogP contribution in [0.3, 0.4) is 0 Å². The van der Waals surface area contributed by atoms with Crippen molar-refractivity contribution in [3.63, 3.8) is 0 Å². The third-order valence-electron chi connectivity index (χ3n) is 3.80. The Kier molecular flexibility index (Phi) is 4.70. The van der Waals surface area contributed by atoms with Crippen LogP contribution in [0.25, 0.3) is 11.0 Å². The van der Waals surface area contributed by atoms with Gasteiger partial charge in [-0.05, 0) is 37.1 Å². The van der Waals surface area contributed by atoms with Crippen LogP contribution in [0.5, 0.6) is 0 Å². The zero-order valence-electron chi connectivity index (χ0n) is 13.9. The van der Waals surface area contributed by atoms with Crippen LogP contribution in [0.4, 0.5) is 5.69 Å². The maximum atomic E-state index is 12.3. The summed E-state index contributed by atoms with van der Waals surface area (Å²) in [5, 5.41) is 2.78. The number of para-hydroxylation sites is 2. The standard InChI is InChI=1S/C19H17N3O3/c1-12-5-3-6-13(2)17(12)22-16(23)11-25-19(24)14-7-4-8-15-18(14)21-10-9-20-15/h3-10H,11H2,1-2H3,(H,22,23). The van der Waals surface area contributed by atoms with Crippen LogP contribution in [0, 0.1) is 13.8 Å². The van der Waals surface area contributed by atoms with Gasteiger partial charge in [0, 0.05) is 18.1 Å². The molecule has 0 bridgehead atoms. The molecule has 0 saturated carbocycles. The highest BCUT2D eigenvalue weighted by Gasteiger charge is 2.15. The lowest BCUT2D eigenvalue weighted by molar-refractivity contribution is -0.119. The summed E-state index contributed by atoms with van der Waals surface area (Å²) in [5.41, 5.74) is 3.96. The van der Waals surface area contributed by atoms with E-state index >= 15 is 0 Å². The molecular formula is C19H17N3O3. The number of hydrogen-bond donors (Lipinski definition) is 1. The van der Waals surface area contributed by atoms with Gasteiger partial charge in [-0.25, -0.2) is 4.79 Å². The lowest BCUT2D eigenvalue weighted by atomic mass is 10.1. The van der Waals surface area contributed by atoms with E-state index in [1.807, 2.05) is 32.0 Å². The molecule has 3 aromatic rings. The number of hydrogen-bond acceptors (Lipinski definition) is 5. The molecule has 126 valence electrons. The Morgan fingerprint density at radius 1 is 1.00 bits per heavy atom. The van der Waals surface area contributed by atoms with Crippen LogP contribution in [-0.4, -0.2) is 28.5 Å². The predicted molar refractivity (Wildman–Crippen MR) is 94.4 cm³/mol. The third kappa shape index (κ3) is 3.63. The van der Waals surface area contributed by atoms with E-state index in [1.165, 1.54) is 6.20 Å². The molecule has 1 N–H and O–H groups in total. The maximum Gasteiger partial charge on any atom is 0.340 e. The number of benzene rings is 2. The Morgan fingerprint density at radius 2 is 1.68 bits per heavy atom. The largest absolute Gasteiger partial charge is 0.452 e. The van der Waals surface area contributed by atoms with Gasteiger partial charge in [-0.2, -0.15) is 0 Å². The van der Waals surface area contributed by atoms with E-state index in [4.69, 9.17) is 4.74 Å². The number of fused-ring (bicyclic) bond motifs is 1. The van der Waals surface area contributed by atoms with E-state index < -0.39 is 11.9 Å². The molecule has 0 saturated heterocycles. The maximum absolute atomic E-state index is 12.3. The average molecular weight is 335 g/mol. The van der Waals surface area contributed by atoms with Crippen LogP contribution in [0.15, 0.2) is 48.8 Å². The van der Waals surface area contributed by atoms with E-state index in [0.717, 1.165) is 16.8 Å². The molecule has 6 nitrogen and oxygen atoms in total. The molecule has 0 spiro atoms. The fourth-order valence-corrected chi connectivity index (χ4v) is 2.55. The molecule has 0 aliphatic heterocycles. The molecule has 0 aliphatic carbocycles. The van der Waals surface area contributed by atoms with Crippen molar-refractivity contribution in [2.24, 2.45) is 0 Å². The number of nitrogens with zero attached hydrogens (tertiary/aromatic N) is 2. The van der Waals surface area contributed by atoms with Crippen LogP contribution >= 0.6 is 0 Å². The fraction of sp³-hybridized carbons (Fsp3) is 0.158. The van der Waals surface area contributed by atoms with Gasteiger partial charge in [0.2, 0.25) is 0 Å². The smallest absolute Gasteiger partial charge is 0.340 e. The lowest BCUT2D eigenvalue weighted by Crippen LogP contribution is -2.22. The van der Waals surface area contributed by atoms with Gasteiger partial charge in [-0.15, -0.1) is 0 Å². The fourth-order valence-electron chi connectivity index (χ4n) is 2.55. The second-order valence-electron chi connectivity index (χ2n) is 5.62. The molecule has 25 heavy (non-hydrogen) atoms. The van der Waals surface area contributed by atoms with E-state index in [2.05, 4.69) is 15.3 Å². The summed E-state index contributed by atoms with van der Waals surface area (Å²) in [6.45, 7) is 3.44. The SMILES string of the molecule is Cc1cccc(C)c1NC(=O)COC(=O)c1cccc2nccnc12. The number of esters is 1. The van der Waals surface area contributed by atoms with Gasteiger partial charge in [0.1, 0.15) is 5.52 Å². The summed E-state index contributed by atoms with van der Waals surface area (Å²) < 4.78 is 5.13. The molecule has 3 rings (SSSR count). The van der Waals surface area contributed by atoms with Crippen molar-refractivity contribution in [2.75, 3.05) is 11.9 Å². The number of anilines is 1. The molecule has 1 amide bonds. The van der Waals surface area contributed by atoms with Gasteiger partial charge < -0.3 is 10.1 Å². The molecule has 0 fully saturated rings. The number of carbonyl (C=O) groups is 2. The van der Waals surface area contributed by atoms with Crippen LogP contribution < -0.4 is 5.32 Å². The van der Waals surface area contributed by atoms with Crippen molar-refractivity contribution >= 4 is 28.6 Å². The van der Waals surface area contributed by atoms with E-state index in [1.54, 1.807) is 24.4 Å². The first-order chi connectivity index (χ1) is 12.1. The third-order valence-corrected chi connectivity index (χ3v) is 3.80. The van der Waals surface area contributed by atoms with Crippen molar-refractivity contribution in [3.05, 3.63) is 65.5 Å². The van der Waals surface area contributed by atoms with Gasteiger partial charge in [0.05, 0.1) is 11.1 Å². The highest BCUT2D eigenvalue weighted by Crippen LogP contribution is 2.19. The Hall–Kier alpha value is -3.28. The number of aromatic nitrogens is 2. The minimum atomic E-state index is -0.609. The van der Waals surface area contributed by atoms with Gasteiger partial charge in [0.15, 0.2) is 6.61 Å². The van der Waals surface area contributed by atoms with E-state index in [-0.39, 0.29) is 12.2 Å². The predicted octanol–water partition coefficient (Wildman–Crippen LogP) is 3.04. The second-order valence-corrected chi connectivity index (χ2v) is 5.62. The van der Waals surface area contributed by atoms with Gasteiger partial charge >= 0.3 is 5.97 Å². The molecule has 0 radical (unpaired) electrons. The minimum absolute atomic E-state index is 0.283. The van der Waals surface area contributed by atoms with Gasteiger partial charge in [-0.3, -0.25) is 14.8 Å². The van der Waals surface area contributed by atoms with Gasteiger partial charge in [0.25, 0.3) is 5.91 Å². The average Bonchev–Trinajstić information content (AvgIpc) is 2.62. The van der Waals surface area contributed by atoms with Crippen molar-refractivity contribution in [1.82, 2.24) is 9.97 Å². The van der Waals surface area contributed by atoms with Crippen molar-refractivity contribution in [2.45, 2.75) is 13.8 Å². The van der Waals surface area contributed by atoms with Crippen molar-refractivity contribution in [1.29, 1.82) is 0 Å². The summed E-state index contributed by atoms with van der Waals surface area (Å²) in [6, 6.07) is 10.8. The van der Waals surface area contributed by atoms with Gasteiger partial charge in [-0.1, -0.05) is 24.3 Å². The van der Waals surface area contributed by atoms with Crippen LogP contribution in [-0.2, 0) is 9.53 Å². The minimum Gasteiger partial charge on any atom is -0.452 e. The van der Waals surface area contributed by atoms with Crippen molar-refractivity contribution < 1.29 is 14.3 Å². The zero-order chi connectivity index (χ0) is 17.8.